The fourth-order valence-corrected chi connectivity index (χ4v) is 2.79. The highest BCUT2D eigenvalue weighted by Gasteiger charge is 2.31. The molecule has 132 valence electrons. The van der Waals surface area contributed by atoms with Crippen LogP contribution in [0.2, 0.25) is 0 Å². The molecule has 0 aliphatic carbocycles. The molecule has 2 unspecified atom stereocenters. The topological polar surface area (TPSA) is 84.9 Å². The molecule has 1 aromatic carbocycles. The number of aryl methyl sites for hydroxylation is 1. The molecule has 2 rings (SSSR count). The summed E-state index contributed by atoms with van der Waals surface area (Å²) in [4.78, 5) is 23.4. The van der Waals surface area contributed by atoms with Gasteiger partial charge in [0.15, 0.2) is 0 Å². The van der Waals surface area contributed by atoms with Crippen molar-refractivity contribution in [3.05, 3.63) is 29.8 Å². The number of hydrogen-bond donors (Lipinski definition) is 2. The van der Waals surface area contributed by atoms with Crippen LogP contribution in [0.1, 0.15) is 31.2 Å². The Morgan fingerprint density at radius 3 is 2.88 bits per heavy atom. The zero-order chi connectivity index (χ0) is 17.4. The number of benzene rings is 1. The summed E-state index contributed by atoms with van der Waals surface area (Å²) in [5.41, 5.74) is 1.05. The van der Waals surface area contributed by atoms with Crippen molar-refractivity contribution in [2.75, 3.05) is 19.8 Å². The molecule has 1 saturated heterocycles. The van der Waals surface area contributed by atoms with Crippen molar-refractivity contribution in [1.29, 1.82) is 0 Å². The molecule has 1 aliphatic rings. The molecule has 1 aliphatic heterocycles. The molecular formula is C18H25NO5. The maximum Gasteiger partial charge on any atom is 0.326 e. The first-order valence-electron chi connectivity index (χ1n) is 8.36. The van der Waals surface area contributed by atoms with Crippen LogP contribution in [0.25, 0.3) is 0 Å². The second-order valence-electron chi connectivity index (χ2n) is 6.08. The summed E-state index contributed by atoms with van der Waals surface area (Å²) in [5, 5.41) is 12.0. The number of nitrogens with one attached hydrogen (secondary N) is 1. The van der Waals surface area contributed by atoms with Crippen LogP contribution in [0, 0.1) is 12.8 Å². The number of carbonyl (C=O) groups excluding carboxylic acids is 1. The van der Waals surface area contributed by atoms with Gasteiger partial charge >= 0.3 is 5.97 Å². The fraction of sp³-hybridized carbons (Fsp3) is 0.556. The second kappa shape index (κ2) is 9.27. The maximum absolute atomic E-state index is 12.0. The van der Waals surface area contributed by atoms with E-state index in [9.17, 15) is 14.7 Å². The Morgan fingerprint density at radius 1 is 1.42 bits per heavy atom. The average Bonchev–Trinajstić information content (AvgIpc) is 2.58. The summed E-state index contributed by atoms with van der Waals surface area (Å²) in [6.45, 7) is 3.43. The second-order valence-corrected chi connectivity index (χ2v) is 6.08. The van der Waals surface area contributed by atoms with Gasteiger partial charge in [-0.25, -0.2) is 4.79 Å². The Labute approximate surface area is 142 Å². The molecule has 0 aromatic heterocycles. The highest BCUT2D eigenvalue weighted by atomic mass is 16.5. The minimum atomic E-state index is -1.00. The molecule has 1 heterocycles. The van der Waals surface area contributed by atoms with Crippen LogP contribution in [0.4, 0.5) is 0 Å². The fourth-order valence-electron chi connectivity index (χ4n) is 2.79. The van der Waals surface area contributed by atoms with Crippen LogP contribution >= 0.6 is 0 Å². The third kappa shape index (κ3) is 5.53. The maximum atomic E-state index is 12.0. The predicted molar refractivity (Wildman–Crippen MR) is 89.0 cm³/mol. The summed E-state index contributed by atoms with van der Waals surface area (Å²) in [6.07, 6.45) is 2.36. The van der Waals surface area contributed by atoms with E-state index in [0.29, 0.717) is 26.2 Å². The molecule has 0 bridgehead atoms. The molecule has 0 spiro atoms. The van der Waals surface area contributed by atoms with Crippen molar-refractivity contribution in [2.24, 2.45) is 5.92 Å². The molecule has 2 atom stereocenters. The van der Waals surface area contributed by atoms with E-state index in [2.05, 4.69) is 5.32 Å². The molecule has 6 nitrogen and oxygen atoms in total. The SMILES string of the molecule is Cc1ccccc1OCCCC(=O)NC(C(=O)O)C1CCCOC1. The van der Waals surface area contributed by atoms with E-state index in [4.69, 9.17) is 9.47 Å². The van der Waals surface area contributed by atoms with Crippen LogP contribution in [-0.4, -0.2) is 42.8 Å². The zero-order valence-electron chi connectivity index (χ0n) is 14.0. The summed E-state index contributed by atoms with van der Waals surface area (Å²) in [6, 6.07) is 6.81. The molecule has 0 saturated carbocycles. The quantitative estimate of drug-likeness (QED) is 0.711. The summed E-state index contributed by atoms with van der Waals surface area (Å²) in [5.74, 6) is -0.625. The number of rotatable bonds is 8. The highest BCUT2D eigenvalue weighted by molar-refractivity contribution is 5.83. The van der Waals surface area contributed by atoms with Gasteiger partial charge < -0.3 is 19.9 Å². The monoisotopic (exact) mass is 335 g/mol. The Morgan fingerprint density at radius 2 is 2.21 bits per heavy atom. The predicted octanol–water partition coefficient (Wildman–Crippen LogP) is 2.15. The molecule has 1 fully saturated rings. The van der Waals surface area contributed by atoms with E-state index >= 15 is 0 Å². The average molecular weight is 335 g/mol. The van der Waals surface area contributed by atoms with Gasteiger partial charge in [0.2, 0.25) is 5.91 Å². The van der Waals surface area contributed by atoms with Crippen molar-refractivity contribution >= 4 is 11.9 Å². The van der Waals surface area contributed by atoms with E-state index in [0.717, 1.165) is 24.2 Å². The lowest BCUT2D eigenvalue weighted by Crippen LogP contribution is -2.48. The van der Waals surface area contributed by atoms with Crippen LogP contribution in [0.5, 0.6) is 5.75 Å². The lowest BCUT2D eigenvalue weighted by Gasteiger charge is -2.28. The Bertz CT molecular complexity index is 554. The van der Waals surface area contributed by atoms with E-state index in [-0.39, 0.29) is 18.2 Å². The third-order valence-corrected chi connectivity index (χ3v) is 4.15. The number of amides is 1. The van der Waals surface area contributed by atoms with E-state index in [1.54, 1.807) is 0 Å². The first kappa shape index (κ1) is 18.3. The van der Waals surface area contributed by atoms with Crippen molar-refractivity contribution in [2.45, 2.75) is 38.6 Å². The number of carboxylic acids is 1. The van der Waals surface area contributed by atoms with Crippen molar-refractivity contribution in [1.82, 2.24) is 5.32 Å². The van der Waals surface area contributed by atoms with Gasteiger partial charge in [0.25, 0.3) is 0 Å². The molecule has 24 heavy (non-hydrogen) atoms. The largest absolute Gasteiger partial charge is 0.493 e. The van der Waals surface area contributed by atoms with Crippen LogP contribution in [0.3, 0.4) is 0 Å². The lowest BCUT2D eigenvalue weighted by molar-refractivity contribution is -0.145. The summed E-state index contributed by atoms with van der Waals surface area (Å²) >= 11 is 0. The number of ether oxygens (including phenoxy) is 2. The summed E-state index contributed by atoms with van der Waals surface area (Å²) in [7, 11) is 0. The molecule has 6 heteroatoms. The number of aliphatic carboxylic acids is 1. The lowest BCUT2D eigenvalue weighted by atomic mass is 9.93. The number of para-hydroxylation sites is 1. The Balaban J connectivity index is 1.73. The smallest absolute Gasteiger partial charge is 0.326 e. The van der Waals surface area contributed by atoms with Crippen molar-refractivity contribution in [3.63, 3.8) is 0 Å². The van der Waals surface area contributed by atoms with Gasteiger partial charge in [-0.05, 0) is 37.8 Å². The van der Waals surface area contributed by atoms with Crippen molar-refractivity contribution in [3.8, 4) is 5.75 Å². The number of hydrogen-bond acceptors (Lipinski definition) is 4. The van der Waals surface area contributed by atoms with Gasteiger partial charge in [0, 0.05) is 18.9 Å². The van der Waals surface area contributed by atoms with Gasteiger partial charge in [0.05, 0.1) is 13.2 Å². The van der Waals surface area contributed by atoms with E-state index < -0.39 is 12.0 Å². The van der Waals surface area contributed by atoms with Gasteiger partial charge in [-0.3, -0.25) is 4.79 Å². The van der Waals surface area contributed by atoms with E-state index in [1.165, 1.54) is 0 Å². The minimum Gasteiger partial charge on any atom is -0.493 e. The molecule has 0 radical (unpaired) electrons. The van der Waals surface area contributed by atoms with E-state index in [1.807, 2.05) is 31.2 Å². The van der Waals surface area contributed by atoms with Crippen LogP contribution in [-0.2, 0) is 14.3 Å². The molecular weight excluding hydrogens is 310 g/mol. The zero-order valence-corrected chi connectivity index (χ0v) is 14.0. The first-order valence-corrected chi connectivity index (χ1v) is 8.36. The van der Waals surface area contributed by atoms with Gasteiger partial charge in [-0.15, -0.1) is 0 Å². The van der Waals surface area contributed by atoms with Crippen molar-refractivity contribution < 1.29 is 24.2 Å². The standard InChI is InChI=1S/C18H25NO5/c1-13-6-2-3-8-15(13)24-11-5-9-16(20)19-17(18(21)22)14-7-4-10-23-12-14/h2-3,6,8,14,17H,4-5,7,9-12H2,1H3,(H,19,20)(H,21,22). The first-order chi connectivity index (χ1) is 11.6. The molecule has 1 aromatic rings. The molecule has 2 N–H and O–H groups in total. The number of carboxylic acid groups (broad SMARTS) is 1. The number of carbonyl (C=O) groups is 2. The van der Waals surface area contributed by atoms with Gasteiger partial charge in [0.1, 0.15) is 11.8 Å². The normalized spacial score (nSPS) is 18.6. The molecule has 1 amide bonds. The highest BCUT2D eigenvalue weighted by Crippen LogP contribution is 2.18. The third-order valence-electron chi connectivity index (χ3n) is 4.15. The Kier molecular flexibility index (Phi) is 7.06. The Hall–Kier alpha value is -2.08. The van der Waals surface area contributed by atoms with Gasteiger partial charge in [-0.2, -0.15) is 0 Å². The summed E-state index contributed by atoms with van der Waals surface area (Å²) < 4.78 is 11.0. The van der Waals surface area contributed by atoms with Crippen LogP contribution in [0.15, 0.2) is 24.3 Å². The van der Waals surface area contributed by atoms with Crippen LogP contribution < -0.4 is 10.1 Å². The van der Waals surface area contributed by atoms with Gasteiger partial charge in [-0.1, -0.05) is 18.2 Å². The minimum absolute atomic E-state index is 0.164.